The summed E-state index contributed by atoms with van der Waals surface area (Å²) in [4.78, 5) is 12.3. The SMILES string of the molecule is Cc1c(/C=N\NC(=O)COc2c(Br)cc(Br)cc2Br)c2ccccc2n1Cc1ccccc1. The molecule has 0 aliphatic heterocycles. The summed E-state index contributed by atoms with van der Waals surface area (Å²) in [6.45, 7) is 2.67. The summed E-state index contributed by atoms with van der Waals surface area (Å²) in [5.41, 5.74) is 6.96. The zero-order valence-electron chi connectivity index (χ0n) is 17.7. The first-order valence-corrected chi connectivity index (χ1v) is 12.5. The maximum absolute atomic E-state index is 12.3. The lowest BCUT2D eigenvalue weighted by Crippen LogP contribution is -2.24. The Hall–Kier alpha value is -2.42. The van der Waals surface area contributed by atoms with Crippen LogP contribution in [0.15, 0.2) is 85.2 Å². The van der Waals surface area contributed by atoms with Crippen LogP contribution in [-0.2, 0) is 11.3 Å². The van der Waals surface area contributed by atoms with Crippen LogP contribution in [-0.4, -0.2) is 23.3 Å². The van der Waals surface area contributed by atoms with Crippen LogP contribution in [0.3, 0.4) is 0 Å². The summed E-state index contributed by atoms with van der Waals surface area (Å²) < 4.78 is 10.3. The molecule has 0 aliphatic rings. The Labute approximate surface area is 217 Å². The van der Waals surface area contributed by atoms with E-state index in [0.29, 0.717) is 5.75 Å². The number of carbonyl (C=O) groups is 1. The fourth-order valence-electron chi connectivity index (χ4n) is 3.60. The van der Waals surface area contributed by atoms with Gasteiger partial charge in [-0.3, -0.25) is 4.79 Å². The van der Waals surface area contributed by atoms with Gasteiger partial charge < -0.3 is 9.30 Å². The lowest BCUT2D eigenvalue weighted by atomic mass is 10.1. The number of fused-ring (bicyclic) bond motifs is 1. The van der Waals surface area contributed by atoms with Gasteiger partial charge in [-0.1, -0.05) is 64.5 Å². The standard InChI is InChI=1S/C25H20Br3N3O2/c1-16-20(13-29-30-24(32)15-33-25-21(27)11-18(26)12-22(25)28)19-9-5-6-10-23(19)31(16)14-17-7-3-2-4-8-17/h2-13H,14-15H2,1H3,(H,30,32)/b29-13-. The van der Waals surface area contributed by atoms with Crippen molar-refractivity contribution in [2.45, 2.75) is 13.5 Å². The summed E-state index contributed by atoms with van der Waals surface area (Å²) in [6.07, 6.45) is 1.70. The minimum Gasteiger partial charge on any atom is -0.481 e. The van der Waals surface area contributed by atoms with E-state index in [4.69, 9.17) is 4.74 Å². The number of ether oxygens (including phenoxy) is 1. The summed E-state index contributed by atoms with van der Waals surface area (Å²) in [5.74, 6) is 0.204. The molecule has 0 saturated heterocycles. The van der Waals surface area contributed by atoms with E-state index < -0.39 is 0 Å². The lowest BCUT2D eigenvalue weighted by Gasteiger charge is -2.10. The summed E-state index contributed by atoms with van der Waals surface area (Å²) in [7, 11) is 0. The molecule has 5 nitrogen and oxygen atoms in total. The second kappa shape index (κ2) is 10.7. The molecule has 4 rings (SSSR count). The number of hydrazone groups is 1. The molecule has 1 N–H and O–H groups in total. The van der Waals surface area contributed by atoms with Crippen LogP contribution < -0.4 is 10.2 Å². The van der Waals surface area contributed by atoms with Crippen LogP contribution in [0.4, 0.5) is 0 Å². The van der Waals surface area contributed by atoms with Crippen molar-refractivity contribution >= 4 is 70.8 Å². The van der Waals surface area contributed by atoms with E-state index in [1.807, 2.05) is 42.5 Å². The maximum Gasteiger partial charge on any atom is 0.277 e. The highest BCUT2D eigenvalue weighted by Gasteiger charge is 2.13. The molecule has 3 aromatic carbocycles. The molecular formula is C25H20Br3N3O2. The second-order valence-electron chi connectivity index (χ2n) is 7.37. The van der Waals surface area contributed by atoms with E-state index in [-0.39, 0.29) is 12.5 Å². The van der Waals surface area contributed by atoms with E-state index in [1.165, 1.54) is 5.56 Å². The molecule has 0 aliphatic carbocycles. The van der Waals surface area contributed by atoms with Crippen LogP contribution in [0, 0.1) is 6.92 Å². The van der Waals surface area contributed by atoms with Gasteiger partial charge in [-0.05, 0) is 62.5 Å². The largest absolute Gasteiger partial charge is 0.481 e. The molecule has 0 fully saturated rings. The van der Waals surface area contributed by atoms with Gasteiger partial charge in [0, 0.05) is 33.2 Å². The van der Waals surface area contributed by atoms with E-state index >= 15 is 0 Å². The highest BCUT2D eigenvalue weighted by molar-refractivity contribution is 9.11. The van der Waals surface area contributed by atoms with Gasteiger partial charge in [0.1, 0.15) is 5.75 Å². The zero-order valence-corrected chi connectivity index (χ0v) is 22.4. The van der Waals surface area contributed by atoms with Crippen molar-refractivity contribution in [1.29, 1.82) is 0 Å². The third kappa shape index (κ3) is 5.57. The number of hydrogen-bond acceptors (Lipinski definition) is 3. The normalized spacial score (nSPS) is 11.3. The summed E-state index contributed by atoms with van der Waals surface area (Å²) >= 11 is 10.3. The second-order valence-corrected chi connectivity index (χ2v) is 9.99. The summed E-state index contributed by atoms with van der Waals surface area (Å²) in [5, 5.41) is 5.28. The van der Waals surface area contributed by atoms with Gasteiger partial charge in [-0.2, -0.15) is 5.10 Å². The number of aromatic nitrogens is 1. The molecule has 0 spiro atoms. The topological polar surface area (TPSA) is 55.6 Å². The van der Waals surface area contributed by atoms with Crippen LogP contribution in [0.1, 0.15) is 16.8 Å². The van der Waals surface area contributed by atoms with Crippen LogP contribution in [0.5, 0.6) is 5.75 Å². The molecular weight excluding hydrogens is 614 g/mol. The Kier molecular flexibility index (Phi) is 7.67. The average molecular weight is 634 g/mol. The van der Waals surface area contributed by atoms with E-state index in [1.54, 1.807) is 6.21 Å². The monoisotopic (exact) mass is 631 g/mol. The number of carbonyl (C=O) groups excluding carboxylic acids is 1. The van der Waals surface area contributed by atoms with Crippen molar-refractivity contribution in [2.24, 2.45) is 5.10 Å². The van der Waals surface area contributed by atoms with Crippen LogP contribution in [0.25, 0.3) is 10.9 Å². The molecule has 0 atom stereocenters. The Morgan fingerprint density at radius 1 is 1.03 bits per heavy atom. The predicted octanol–water partition coefficient (Wildman–Crippen LogP) is 6.81. The van der Waals surface area contributed by atoms with Gasteiger partial charge in [-0.25, -0.2) is 5.43 Å². The number of para-hydroxylation sites is 1. The van der Waals surface area contributed by atoms with Crippen molar-refractivity contribution in [2.75, 3.05) is 6.61 Å². The predicted molar refractivity (Wildman–Crippen MR) is 143 cm³/mol. The molecule has 1 aromatic heterocycles. The van der Waals surface area contributed by atoms with Crippen molar-refractivity contribution in [3.63, 3.8) is 0 Å². The van der Waals surface area contributed by atoms with Crippen molar-refractivity contribution in [1.82, 2.24) is 9.99 Å². The van der Waals surface area contributed by atoms with Crippen molar-refractivity contribution in [3.05, 3.63) is 97.0 Å². The van der Waals surface area contributed by atoms with E-state index in [9.17, 15) is 4.79 Å². The molecule has 0 unspecified atom stereocenters. The molecule has 0 saturated carbocycles. The van der Waals surface area contributed by atoms with Gasteiger partial charge in [0.2, 0.25) is 0 Å². The first kappa shape index (κ1) is 23.7. The van der Waals surface area contributed by atoms with E-state index in [0.717, 1.165) is 42.1 Å². The number of rotatable bonds is 7. The number of halogens is 3. The third-order valence-corrected chi connectivity index (χ3v) is 6.79. The Morgan fingerprint density at radius 2 is 1.70 bits per heavy atom. The molecule has 0 bridgehead atoms. The fourth-order valence-corrected chi connectivity index (χ4v) is 6.08. The lowest BCUT2D eigenvalue weighted by molar-refractivity contribution is -0.123. The van der Waals surface area contributed by atoms with Crippen molar-refractivity contribution in [3.8, 4) is 5.75 Å². The van der Waals surface area contributed by atoms with E-state index in [2.05, 4.69) is 94.1 Å². The number of hydrogen-bond donors (Lipinski definition) is 1. The number of benzene rings is 3. The van der Waals surface area contributed by atoms with Crippen LogP contribution >= 0.6 is 47.8 Å². The molecule has 1 heterocycles. The average Bonchev–Trinajstić information content (AvgIpc) is 3.05. The molecule has 0 radical (unpaired) electrons. The molecule has 33 heavy (non-hydrogen) atoms. The Bertz CT molecular complexity index is 1310. The van der Waals surface area contributed by atoms with Gasteiger partial charge in [0.05, 0.1) is 15.2 Å². The first-order valence-electron chi connectivity index (χ1n) is 10.1. The highest BCUT2D eigenvalue weighted by atomic mass is 79.9. The highest BCUT2D eigenvalue weighted by Crippen LogP contribution is 2.36. The Morgan fingerprint density at radius 3 is 2.42 bits per heavy atom. The van der Waals surface area contributed by atoms with Gasteiger partial charge >= 0.3 is 0 Å². The quantitative estimate of drug-likeness (QED) is 0.180. The number of nitrogens with one attached hydrogen (secondary N) is 1. The number of amides is 1. The minimum absolute atomic E-state index is 0.162. The smallest absolute Gasteiger partial charge is 0.277 e. The third-order valence-electron chi connectivity index (χ3n) is 5.16. The molecule has 8 heteroatoms. The van der Waals surface area contributed by atoms with Gasteiger partial charge in [0.25, 0.3) is 5.91 Å². The van der Waals surface area contributed by atoms with Gasteiger partial charge in [-0.15, -0.1) is 0 Å². The van der Waals surface area contributed by atoms with Crippen LogP contribution in [0.2, 0.25) is 0 Å². The van der Waals surface area contributed by atoms with Crippen molar-refractivity contribution < 1.29 is 9.53 Å². The Balaban J connectivity index is 1.48. The maximum atomic E-state index is 12.3. The zero-order chi connectivity index (χ0) is 23.4. The first-order chi connectivity index (χ1) is 15.9. The number of nitrogens with zero attached hydrogens (tertiary/aromatic N) is 2. The molecule has 4 aromatic rings. The molecule has 1 amide bonds. The van der Waals surface area contributed by atoms with Gasteiger partial charge in [0.15, 0.2) is 6.61 Å². The molecule has 168 valence electrons. The fraction of sp³-hybridized carbons (Fsp3) is 0.120. The minimum atomic E-state index is -0.348. The summed E-state index contributed by atoms with van der Waals surface area (Å²) in [6, 6.07) is 22.2.